The molecule has 0 bridgehead atoms. The SMILES string of the molecule is c1ccc2sc(-c3ccc4c5ccccc5n(-c5cc(-c6ccc(-n7cccn7)cn6)ccc5-n5cccn5)c4c3)nc2c1. The highest BCUT2D eigenvalue weighted by Crippen LogP contribution is 2.39. The second kappa shape index (κ2) is 9.86. The summed E-state index contributed by atoms with van der Waals surface area (Å²) >= 11 is 1.72. The van der Waals surface area contributed by atoms with Crippen molar-refractivity contribution >= 4 is 43.4 Å². The molecule has 0 fully saturated rings. The smallest absolute Gasteiger partial charge is 0.124 e. The topological polar surface area (TPSA) is 66.3 Å². The van der Waals surface area contributed by atoms with E-state index in [0.717, 1.165) is 55.4 Å². The predicted octanol–water partition coefficient (Wildman–Crippen LogP) is 8.49. The van der Waals surface area contributed by atoms with Crippen molar-refractivity contribution in [1.82, 2.24) is 34.1 Å². The monoisotopic (exact) mass is 585 g/mol. The largest absolute Gasteiger partial charge is 0.307 e. The fraction of sp³-hybridized carbons (Fsp3) is 0. The summed E-state index contributed by atoms with van der Waals surface area (Å²) in [4.78, 5) is 9.78. The molecular weight excluding hydrogens is 563 g/mol. The van der Waals surface area contributed by atoms with Gasteiger partial charge in [-0.2, -0.15) is 10.2 Å². The number of benzene rings is 4. The number of para-hydroxylation sites is 2. The minimum Gasteiger partial charge on any atom is -0.307 e. The molecule has 7 nitrogen and oxygen atoms in total. The molecule has 44 heavy (non-hydrogen) atoms. The lowest BCUT2D eigenvalue weighted by atomic mass is 10.1. The van der Waals surface area contributed by atoms with E-state index in [1.165, 1.54) is 15.5 Å². The van der Waals surface area contributed by atoms with Gasteiger partial charge >= 0.3 is 0 Å². The van der Waals surface area contributed by atoms with Crippen LogP contribution in [0.5, 0.6) is 0 Å². The summed E-state index contributed by atoms with van der Waals surface area (Å²) in [5, 5.41) is 12.3. The lowest BCUT2D eigenvalue weighted by Gasteiger charge is -2.16. The quantitative estimate of drug-likeness (QED) is 0.203. The number of nitrogens with zero attached hydrogens (tertiary/aromatic N) is 7. The standard InChI is InChI=1S/C36H23N7S/c1-3-9-31-27(7-1)28-14-11-25(36-40-30-8-2-4-10-35(30)44-36)22-33(28)43(31)34-21-24(12-16-32(34)42-20-6-18-39-42)29-15-13-26(23-37-29)41-19-5-17-38-41/h1-23H. The van der Waals surface area contributed by atoms with E-state index in [9.17, 15) is 0 Å². The summed E-state index contributed by atoms with van der Waals surface area (Å²) in [6.45, 7) is 0. The van der Waals surface area contributed by atoms with Gasteiger partial charge in [0.15, 0.2) is 0 Å². The van der Waals surface area contributed by atoms with E-state index in [1.807, 2.05) is 64.5 Å². The third-order valence-electron chi connectivity index (χ3n) is 7.99. The first-order valence-electron chi connectivity index (χ1n) is 14.3. The molecule has 5 heterocycles. The van der Waals surface area contributed by atoms with Gasteiger partial charge in [0.1, 0.15) is 5.01 Å². The molecule has 0 N–H and O–H groups in total. The van der Waals surface area contributed by atoms with Crippen LogP contribution in [-0.2, 0) is 0 Å². The maximum Gasteiger partial charge on any atom is 0.124 e. The average molecular weight is 586 g/mol. The summed E-state index contributed by atoms with van der Waals surface area (Å²) in [5.74, 6) is 0. The molecule has 9 rings (SSSR count). The lowest BCUT2D eigenvalue weighted by molar-refractivity contribution is 0.870. The van der Waals surface area contributed by atoms with Crippen molar-refractivity contribution < 1.29 is 0 Å². The van der Waals surface area contributed by atoms with Crippen LogP contribution in [0.15, 0.2) is 140 Å². The number of fused-ring (bicyclic) bond motifs is 4. The molecule has 208 valence electrons. The van der Waals surface area contributed by atoms with Crippen molar-refractivity contribution in [3.63, 3.8) is 0 Å². The second-order valence-corrected chi connectivity index (χ2v) is 11.6. The Morgan fingerprint density at radius 3 is 2.20 bits per heavy atom. The summed E-state index contributed by atoms with van der Waals surface area (Å²) in [6, 6.07) is 37.9. The molecule has 5 aromatic heterocycles. The number of thiazole rings is 1. The van der Waals surface area contributed by atoms with E-state index in [2.05, 4.69) is 93.6 Å². The van der Waals surface area contributed by atoms with Crippen molar-refractivity contribution in [2.24, 2.45) is 0 Å². The van der Waals surface area contributed by atoms with Gasteiger partial charge in [-0.25, -0.2) is 14.3 Å². The van der Waals surface area contributed by atoms with Crippen LogP contribution in [0, 0.1) is 0 Å². The lowest BCUT2D eigenvalue weighted by Crippen LogP contribution is -2.04. The predicted molar refractivity (Wildman–Crippen MR) is 177 cm³/mol. The maximum atomic E-state index is 4.96. The Kier molecular flexibility index (Phi) is 5.54. The van der Waals surface area contributed by atoms with Crippen molar-refractivity contribution in [2.45, 2.75) is 0 Å². The Morgan fingerprint density at radius 1 is 0.591 bits per heavy atom. The molecule has 0 saturated carbocycles. The van der Waals surface area contributed by atoms with Gasteiger partial charge in [-0.3, -0.25) is 4.98 Å². The van der Waals surface area contributed by atoms with Crippen molar-refractivity contribution in [1.29, 1.82) is 0 Å². The first-order chi connectivity index (χ1) is 21.8. The Bertz CT molecular complexity index is 2400. The molecule has 0 aliphatic rings. The van der Waals surface area contributed by atoms with Crippen LogP contribution in [0.3, 0.4) is 0 Å². The van der Waals surface area contributed by atoms with E-state index < -0.39 is 0 Å². The zero-order valence-corrected chi connectivity index (χ0v) is 24.1. The van der Waals surface area contributed by atoms with Gasteiger partial charge in [0.25, 0.3) is 0 Å². The zero-order chi connectivity index (χ0) is 29.0. The molecule has 9 aromatic rings. The molecule has 0 spiro atoms. The molecule has 0 aliphatic carbocycles. The highest BCUT2D eigenvalue weighted by molar-refractivity contribution is 7.21. The average Bonchev–Trinajstić information content (AvgIpc) is 3.90. The number of rotatable bonds is 5. The number of hydrogen-bond acceptors (Lipinski definition) is 5. The van der Waals surface area contributed by atoms with Gasteiger partial charge in [-0.15, -0.1) is 11.3 Å². The van der Waals surface area contributed by atoms with E-state index >= 15 is 0 Å². The Labute approximate surface area is 255 Å². The summed E-state index contributed by atoms with van der Waals surface area (Å²) in [7, 11) is 0. The van der Waals surface area contributed by atoms with Crippen LogP contribution >= 0.6 is 11.3 Å². The number of pyridine rings is 1. The van der Waals surface area contributed by atoms with E-state index in [0.29, 0.717) is 0 Å². The third-order valence-corrected chi connectivity index (χ3v) is 9.08. The van der Waals surface area contributed by atoms with Crippen molar-refractivity contribution in [3.8, 4) is 38.9 Å². The second-order valence-electron chi connectivity index (χ2n) is 10.6. The molecule has 0 saturated heterocycles. The highest BCUT2D eigenvalue weighted by Gasteiger charge is 2.18. The van der Waals surface area contributed by atoms with Crippen LogP contribution in [0.4, 0.5) is 0 Å². The molecule has 0 atom stereocenters. The highest BCUT2D eigenvalue weighted by atomic mass is 32.1. The molecule has 0 unspecified atom stereocenters. The maximum absolute atomic E-state index is 4.96. The van der Waals surface area contributed by atoms with Crippen LogP contribution < -0.4 is 0 Å². The van der Waals surface area contributed by atoms with Crippen LogP contribution in [0.25, 0.3) is 70.9 Å². The number of hydrogen-bond donors (Lipinski definition) is 0. The summed E-state index contributed by atoms with van der Waals surface area (Å²) < 4.78 is 7.26. The van der Waals surface area contributed by atoms with Crippen LogP contribution in [0.1, 0.15) is 0 Å². The molecule has 0 amide bonds. The molecule has 4 aromatic carbocycles. The van der Waals surface area contributed by atoms with Gasteiger partial charge in [-0.05, 0) is 60.7 Å². The summed E-state index contributed by atoms with van der Waals surface area (Å²) in [5.41, 5.74) is 9.13. The fourth-order valence-electron chi connectivity index (χ4n) is 5.94. The van der Waals surface area contributed by atoms with Gasteiger partial charge in [0.05, 0.1) is 50.2 Å². The van der Waals surface area contributed by atoms with Crippen LogP contribution in [-0.4, -0.2) is 34.1 Å². The molecule has 8 heteroatoms. The Balaban J connectivity index is 1.28. The minimum atomic E-state index is 0.880. The fourth-order valence-corrected chi connectivity index (χ4v) is 6.90. The van der Waals surface area contributed by atoms with Gasteiger partial charge < -0.3 is 4.57 Å². The van der Waals surface area contributed by atoms with E-state index in [1.54, 1.807) is 17.5 Å². The zero-order valence-electron chi connectivity index (χ0n) is 23.3. The van der Waals surface area contributed by atoms with E-state index in [-0.39, 0.29) is 0 Å². The third kappa shape index (κ3) is 3.96. The Morgan fingerprint density at radius 2 is 1.39 bits per heavy atom. The van der Waals surface area contributed by atoms with Crippen LogP contribution in [0.2, 0.25) is 0 Å². The van der Waals surface area contributed by atoms with Crippen molar-refractivity contribution in [3.05, 3.63) is 140 Å². The van der Waals surface area contributed by atoms with E-state index in [4.69, 9.17) is 9.97 Å². The molecule has 0 aliphatic heterocycles. The van der Waals surface area contributed by atoms with Crippen molar-refractivity contribution in [2.75, 3.05) is 0 Å². The molecular formula is C36H23N7S. The van der Waals surface area contributed by atoms with Gasteiger partial charge in [0, 0.05) is 46.7 Å². The van der Waals surface area contributed by atoms with Gasteiger partial charge in [0.2, 0.25) is 0 Å². The first kappa shape index (κ1) is 24.7. The minimum absolute atomic E-state index is 0.880. The normalized spacial score (nSPS) is 11.6. The summed E-state index contributed by atoms with van der Waals surface area (Å²) in [6.07, 6.45) is 9.33. The first-order valence-corrected chi connectivity index (χ1v) is 15.1. The number of aromatic nitrogens is 7. The Hall–Kier alpha value is -5.86. The van der Waals surface area contributed by atoms with Gasteiger partial charge in [-0.1, -0.05) is 48.5 Å². The molecule has 0 radical (unpaired) electrons.